The summed E-state index contributed by atoms with van der Waals surface area (Å²) in [4.78, 5) is 58.3. The standard InChI is InChI=1S/C27H44N3O5P.C27H43N3O2.C21H38BrN3O.C13H19B3BrN3O4.C7H16B3N3O4.3CH4/c1-6-28(7-2)19-20-29(8-3)21-25(30(9-4)10-5)22-34-26-15-11-23(12-16-26)24-13-17-27(18-14-24)35-36(31,32)33;1-6-28(7-2)19-20-29(8-3)21-25(30(9-4)10-5)22-32-27-17-13-24(14-18-27)23-11-15-26(31)16-12-23;1-6-23(7-2)15-16-24(8-3)17-20(25(9-4)10-5)18-26-21-13-11-19(22)12-14-21;1-16(22)19-6-7-24-20-14-8-12(18-10-15-21)9-23-13-4-2-11(17)3-5-13;1-10(16)12-2-3-17-13-8-4-7(5-14)11-6-9-15;;;/h11-18,25H,6-10,19-22H2,1-5H3,(H2,31,32,33);11-18,25,31H,6-10,19-22H2,1-5H3;11-14,20H,6-10,15-18H2,1-5H3;2-5,10,12,19,22H,6-9H2,1H3;6-7,12,14,16H,2-5H2,1H3;3*1H4/t2*25-;20-;12-;7-;;;/m11111.../s1. The van der Waals surface area contributed by atoms with Gasteiger partial charge in [0.15, 0.2) is 0 Å². The van der Waals surface area contributed by atoms with E-state index in [0.29, 0.717) is 91.2 Å². The van der Waals surface area contributed by atoms with Gasteiger partial charge in [-0.2, -0.15) is 0 Å². The van der Waals surface area contributed by atoms with E-state index in [1.54, 1.807) is 57.1 Å². The zero-order valence-electron chi connectivity index (χ0n) is 83.9. The fourth-order valence-corrected chi connectivity index (χ4v) is 15.1. The van der Waals surface area contributed by atoms with Gasteiger partial charge in [0.05, 0.1) is 18.1 Å². The third kappa shape index (κ3) is 61.9. The molecule has 0 amide bonds. The second-order valence-corrected chi connectivity index (χ2v) is 34.6. The number of halogens is 2. The molecule has 40 heteroatoms. The number of hydrogen-bond acceptors (Lipinski definition) is 29. The molecule has 8 N–H and O–H groups in total. The number of phenolic OH excluding ortho intramolecular Hbond substituents is 1. The molecule has 772 valence electrons. The van der Waals surface area contributed by atoms with Crippen molar-refractivity contribution in [3.8, 4) is 56.8 Å². The van der Waals surface area contributed by atoms with Gasteiger partial charge in [0, 0.05) is 63.4 Å². The zero-order valence-corrected chi connectivity index (χ0v) is 88.0. The first-order valence-electron chi connectivity index (χ1n) is 48.2. The van der Waals surface area contributed by atoms with E-state index in [1.807, 2.05) is 97.1 Å². The fraction of sp³-hybridized carbons (Fsp3) is 0.612. The molecule has 0 unspecified atom stereocenters. The minimum Gasteiger partial charge on any atom is -0.508 e. The molecule has 0 saturated carbocycles. The Hall–Kier alpha value is -6.80. The molecule has 31 nitrogen and oxygen atoms in total. The van der Waals surface area contributed by atoms with Gasteiger partial charge in [0.1, 0.15) is 48.6 Å². The van der Waals surface area contributed by atoms with Gasteiger partial charge >= 0.3 is 260 Å². The molecule has 6 aromatic rings. The number of aliphatic hydroxyl groups excluding tert-OH is 1. The number of aliphatic hydroxyl groups is 1. The SMILES string of the molecule is C.C.C.CB(O)NCCON=BC[C@H](CO)N=CB=O.CB(O)NCCON=BC[C@H](COc1ccc(Br)cc1)N=CB=O.CCN(CC)CCN(CC)C[C@H](COc1ccc(-c2ccc(O)cc2)cc1)N(CC)CC.CCN(CC)CCN(CC)C[C@H](COc1ccc(-c2ccc(OP(=O)(O)O)cc2)cc1)N(CC)CC.CCN(CC)CCN(CC)C[C@H](COc1ccc(Br)cc1)N(CC)CC. The molecule has 0 bridgehead atoms. The topological polar surface area (TPSA) is 340 Å². The van der Waals surface area contributed by atoms with Crippen molar-refractivity contribution in [1.29, 1.82) is 0 Å². The van der Waals surface area contributed by atoms with Crippen LogP contribution in [0.1, 0.15) is 126 Å². The van der Waals surface area contributed by atoms with Crippen molar-refractivity contribution in [1.82, 2.24) is 54.6 Å². The summed E-state index contributed by atoms with van der Waals surface area (Å²) in [6.45, 7) is 66.1. The monoisotopic (exact) mass is 2070 g/mol. The maximum absolute atomic E-state index is 11.0. The van der Waals surface area contributed by atoms with Crippen LogP contribution in [-0.2, 0) is 23.6 Å². The largest absolute Gasteiger partial charge is 0.524 e. The van der Waals surface area contributed by atoms with Crippen LogP contribution in [0.25, 0.3) is 22.3 Å². The van der Waals surface area contributed by atoms with Gasteiger partial charge in [-0.05, 0) is 193 Å². The van der Waals surface area contributed by atoms with E-state index in [4.69, 9.17) is 53.6 Å². The van der Waals surface area contributed by atoms with Crippen molar-refractivity contribution in [3.05, 3.63) is 155 Å². The second-order valence-electron chi connectivity index (χ2n) is 31.6. The van der Waals surface area contributed by atoms with Crippen LogP contribution in [0.4, 0.5) is 0 Å². The summed E-state index contributed by atoms with van der Waals surface area (Å²) in [5, 5.41) is 49.2. The first kappa shape index (κ1) is 133. The number of phosphoric acid groups is 1. The summed E-state index contributed by atoms with van der Waals surface area (Å²) < 4.78 is 62.4. The molecular formula is C98H172B6Br2N15O16P. The van der Waals surface area contributed by atoms with Gasteiger partial charge in [-0.3, -0.25) is 24.5 Å². The third-order valence-corrected chi connectivity index (χ3v) is 24.1. The van der Waals surface area contributed by atoms with E-state index < -0.39 is 21.9 Å². The van der Waals surface area contributed by atoms with Gasteiger partial charge < -0.3 is 53.2 Å². The van der Waals surface area contributed by atoms with Gasteiger partial charge in [-0.15, -0.1) is 0 Å². The molecule has 0 radical (unpaired) electrons. The van der Waals surface area contributed by atoms with Gasteiger partial charge in [0.2, 0.25) is 0 Å². The number of likely N-dealkylation sites (N-methyl/N-ethyl adjacent to an activating group) is 9. The number of ether oxygens (including phenoxy) is 4. The fourth-order valence-electron chi connectivity index (χ4n) is 14.2. The molecule has 138 heavy (non-hydrogen) atoms. The van der Waals surface area contributed by atoms with E-state index in [9.17, 15) is 19.1 Å². The molecular weight excluding hydrogens is 1900 g/mol. The maximum Gasteiger partial charge on any atom is 0.524 e. The summed E-state index contributed by atoms with van der Waals surface area (Å²) >= 11 is 6.84. The van der Waals surface area contributed by atoms with Crippen molar-refractivity contribution in [2.75, 3.05) is 216 Å². The number of nitrogens with one attached hydrogen (secondary N) is 2. The molecule has 0 aromatic heterocycles. The van der Waals surface area contributed by atoms with Crippen LogP contribution in [0.2, 0.25) is 26.3 Å². The minimum absolute atomic E-state index is 0. The number of benzene rings is 6. The Kier molecular flexibility index (Phi) is 80.8. The van der Waals surface area contributed by atoms with Crippen molar-refractivity contribution in [2.45, 2.75) is 183 Å². The molecule has 0 aliphatic carbocycles. The summed E-state index contributed by atoms with van der Waals surface area (Å²) in [6.07, 6.45) is 3.17. The number of phenols is 1. The molecule has 0 fully saturated rings. The van der Waals surface area contributed by atoms with E-state index in [0.717, 1.165) is 224 Å². The van der Waals surface area contributed by atoms with Gasteiger partial charge in [-0.25, -0.2) is 4.57 Å². The van der Waals surface area contributed by atoms with Crippen LogP contribution in [0.3, 0.4) is 0 Å². The first-order valence-corrected chi connectivity index (χ1v) is 51.4. The smallest absolute Gasteiger partial charge is 0.508 e. The van der Waals surface area contributed by atoms with Crippen molar-refractivity contribution in [3.63, 3.8) is 0 Å². The molecule has 0 saturated heterocycles. The molecule has 0 aliphatic rings. The first-order chi connectivity index (χ1) is 65.1. The molecule has 6 aromatic carbocycles. The number of nitrogens with zero attached hydrogens (tertiary/aromatic N) is 13. The average Bonchev–Trinajstić information content (AvgIpc) is 0.846. The Labute approximate surface area is 851 Å². The molecule has 0 aliphatic heterocycles. The van der Waals surface area contributed by atoms with Crippen LogP contribution in [-0.4, -0.2) is 376 Å². The Morgan fingerprint density at radius 2 is 0.652 bits per heavy atom. The van der Waals surface area contributed by atoms with E-state index >= 15 is 0 Å². The third-order valence-electron chi connectivity index (χ3n) is 22.6. The van der Waals surface area contributed by atoms with Crippen LogP contribution in [0, 0.1) is 0 Å². The quantitative estimate of drug-likeness (QED) is 0.00578. The number of rotatable bonds is 68. The Balaban J connectivity index is 0. The van der Waals surface area contributed by atoms with Crippen LogP contribution < -0.4 is 33.9 Å². The number of phosphoric ester groups is 1. The van der Waals surface area contributed by atoms with Crippen molar-refractivity contribution < 1.29 is 77.2 Å². The van der Waals surface area contributed by atoms with Crippen molar-refractivity contribution in [2.24, 2.45) is 20.1 Å². The Bertz CT molecular complexity index is 4080. The normalized spacial score (nSPS) is 12.4. The average molecular weight is 2070 g/mol. The predicted octanol–water partition coefficient (Wildman–Crippen LogP) is 15.1. The molecule has 0 spiro atoms. The summed E-state index contributed by atoms with van der Waals surface area (Å²) in [5.74, 6) is 3.81. The van der Waals surface area contributed by atoms with Crippen LogP contribution in [0.5, 0.6) is 34.5 Å². The van der Waals surface area contributed by atoms with Crippen LogP contribution >= 0.6 is 39.7 Å². The van der Waals surface area contributed by atoms with Crippen molar-refractivity contribution >= 4 is 94.5 Å². The summed E-state index contributed by atoms with van der Waals surface area (Å²) in [7, 11) is -1.46. The molecule has 0 heterocycles. The summed E-state index contributed by atoms with van der Waals surface area (Å²) in [5.41, 5.74) is 4.11. The summed E-state index contributed by atoms with van der Waals surface area (Å²) in [6, 6.07) is 46.1. The molecule has 6 rings (SSSR count). The number of aliphatic imine (C=N–C) groups is 2. The zero-order chi connectivity index (χ0) is 99.8. The predicted molar refractivity (Wildman–Crippen MR) is 584 cm³/mol. The minimum atomic E-state index is -4.56. The number of aromatic hydroxyl groups is 1. The van der Waals surface area contributed by atoms with Gasteiger partial charge in [-0.1, -0.05) is 191 Å². The van der Waals surface area contributed by atoms with Crippen LogP contribution in [0.15, 0.2) is 175 Å². The second kappa shape index (κ2) is 83.6. The van der Waals surface area contributed by atoms with E-state index in [1.165, 1.54) is 13.2 Å². The Morgan fingerprint density at radius 1 is 0.391 bits per heavy atom. The van der Waals surface area contributed by atoms with Gasteiger partial charge in [0.25, 0.3) is 0 Å². The van der Waals surface area contributed by atoms with E-state index in [2.05, 4.69) is 227 Å². The van der Waals surface area contributed by atoms with E-state index in [-0.39, 0.29) is 52.5 Å². The number of hydrogen-bond donors (Lipinski definition) is 8. The molecule has 5 atom stereocenters. The Morgan fingerprint density at radius 3 is 0.920 bits per heavy atom. The maximum atomic E-state index is 11.0.